The lowest BCUT2D eigenvalue weighted by Crippen LogP contribution is -2.58. The quantitative estimate of drug-likeness (QED) is 0.226. The summed E-state index contributed by atoms with van der Waals surface area (Å²) >= 11 is 5.42. The maximum Gasteiger partial charge on any atom is 0.326 e. The van der Waals surface area contributed by atoms with Crippen molar-refractivity contribution < 1.29 is 24.3 Å². The molecule has 11 heteroatoms. The number of carbonyl (C=O) groups is 4. The van der Waals surface area contributed by atoms with E-state index in [2.05, 4.69) is 28.6 Å². The molecule has 0 aliphatic rings. The van der Waals surface area contributed by atoms with Gasteiger partial charge in [-0.05, 0) is 31.3 Å². The number of hydrogen-bond donors (Lipinski definition) is 6. The minimum atomic E-state index is -1.14. The van der Waals surface area contributed by atoms with E-state index in [1.165, 1.54) is 18.7 Å². The molecule has 0 aliphatic carbocycles. The Balaban J connectivity index is 4.88. The zero-order chi connectivity index (χ0) is 21.1. The van der Waals surface area contributed by atoms with Gasteiger partial charge < -0.3 is 26.8 Å². The van der Waals surface area contributed by atoms with E-state index in [4.69, 9.17) is 5.73 Å². The lowest BCUT2D eigenvalue weighted by molar-refractivity contribution is -0.142. The van der Waals surface area contributed by atoms with Crippen molar-refractivity contribution >= 4 is 48.1 Å². The van der Waals surface area contributed by atoms with Crippen LogP contribution in [0.3, 0.4) is 0 Å². The summed E-state index contributed by atoms with van der Waals surface area (Å²) in [6.45, 7) is 4.92. The monoisotopic (exact) mass is 422 g/mol. The Morgan fingerprint density at radius 3 is 2.07 bits per heavy atom. The molecule has 0 spiro atoms. The Morgan fingerprint density at radius 1 is 1.04 bits per heavy atom. The molecule has 4 atom stereocenters. The number of thioether (sulfide) groups is 1. The van der Waals surface area contributed by atoms with Gasteiger partial charge in [-0.15, -0.1) is 0 Å². The first kappa shape index (κ1) is 25.5. The van der Waals surface area contributed by atoms with Crippen LogP contribution in [0.2, 0.25) is 0 Å². The molecule has 0 aromatic carbocycles. The van der Waals surface area contributed by atoms with Crippen LogP contribution in [0.15, 0.2) is 0 Å². The number of nitrogens with two attached hydrogens (primary N) is 1. The predicted octanol–water partition coefficient (Wildman–Crippen LogP) is -0.788. The van der Waals surface area contributed by atoms with E-state index in [0.29, 0.717) is 5.75 Å². The van der Waals surface area contributed by atoms with Crippen molar-refractivity contribution in [3.8, 4) is 0 Å². The lowest BCUT2D eigenvalue weighted by atomic mass is 10.0. The second kappa shape index (κ2) is 12.8. The molecule has 0 heterocycles. The number of carboxylic acids is 1. The van der Waals surface area contributed by atoms with Crippen LogP contribution in [-0.4, -0.2) is 70.7 Å². The molecule has 0 saturated heterocycles. The first-order valence-corrected chi connectivity index (χ1v) is 10.6. The SMILES string of the molecule is CSCCC(NC(=O)C(C)NC(=O)C(NC(=O)C(N)CS)C(C)C)C(=O)O. The summed E-state index contributed by atoms with van der Waals surface area (Å²) in [6.07, 6.45) is 2.11. The van der Waals surface area contributed by atoms with E-state index >= 15 is 0 Å². The van der Waals surface area contributed by atoms with Gasteiger partial charge in [0.1, 0.15) is 18.1 Å². The smallest absolute Gasteiger partial charge is 0.326 e. The topological polar surface area (TPSA) is 151 Å². The van der Waals surface area contributed by atoms with Gasteiger partial charge in [0.15, 0.2) is 0 Å². The van der Waals surface area contributed by atoms with Crippen LogP contribution < -0.4 is 21.7 Å². The number of thiol groups is 1. The summed E-state index contributed by atoms with van der Waals surface area (Å²) in [5.74, 6) is -2.36. The highest BCUT2D eigenvalue weighted by atomic mass is 32.2. The van der Waals surface area contributed by atoms with E-state index in [0.717, 1.165) is 0 Å². The molecule has 0 aromatic heterocycles. The highest BCUT2D eigenvalue weighted by Gasteiger charge is 2.29. The number of rotatable bonds is 12. The van der Waals surface area contributed by atoms with Gasteiger partial charge in [0.25, 0.3) is 0 Å². The molecule has 27 heavy (non-hydrogen) atoms. The third-order valence-corrected chi connectivity index (χ3v) is 4.79. The number of carbonyl (C=O) groups excluding carboxylic acids is 3. The van der Waals surface area contributed by atoms with Gasteiger partial charge in [-0.3, -0.25) is 14.4 Å². The summed E-state index contributed by atoms with van der Waals surface area (Å²) in [4.78, 5) is 47.8. The average Bonchev–Trinajstić information content (AvgIpc) is 2.60. The molecule has 0 fully saturated rings. The summed E-state index contributed by atoms with van der Waals surface area (Å²) in [5.41, 5.74) is 5.60. The second-order valence-corrected chi connectivity index (χ2v) is 7.78. The summed E-state index contributed by atoms with van der Waals surface area (Å²) < 4.78 is 0. The van der Waals surface area contributed by atoms with E-state index in [9.17, 15) is 24.3 Å². The Labute approximate surface area is 169 Å². The Hall–Kier alpha value is -1.46. The highest BCUT2D eigenvalue weighted by molar-refractivity contribution is 7.98. The molecule has 4 unspecified atom stereocenters. The number of aliphatic carboxylic acids is 1. The van der Waals surface area contributed by atoms with Gasteiger partial charge in [-0.2, -0.15) is 24.4 Å². The van der Waals surface area contributed by atoms with Crippen molar-refractivity contribution in [3.63, 3.8) is 0 Å². The standard InChI is InChI=1S/C16H30N4O5S2/c1-8(2)12(20-14(22)10(17)7-26)15(23)18-9(3)13(21)19-11(16(24)25)5-6-27-4/h8-12,26H,5-7,17H2,1-4H3,(H,18,23)(H,19,21)(H,20,22)(H,24,25). The Kier molecular flexibility index (Phi) is 12.1. The molecule has 0 rings (SSSR count). The van der Waals surface area contributed by atoms with Crippen LogP contribution in [0.4, 0.5) is 0 Å². The minimum Gasteiger partial charge on any atom is -0.480 e. The molecular weight excluding hydrogens is 392 g/mol. The fourth-order valence-corrected chi connectivity index (χ4v) is 2.67. The molecule has 0 saturated carbocycles. The van der Waals surface area contributed by atoms with Gasteiger partial charge in [-0.25, -0.2) is 4.79 Å². The number of carboxylic acid groups (broad SMARTS) is 1. The Morgan fingerprint density at radius 2 is 1.63 bits per heavy atom. The van der Waals surface area contributed by atoms with Gasteiger partial charge in [0.05, 0.1) is 6.04 Å². The maximum absolute atomic E-state index is 12.5. The van der Waals surface area contributed by atoms with E-state index in [1.807, 2.05) is 6.26 Å². The van der Waals surface area contributed by atoms with E-state index in [1.54, 1.807) is 13.8 Å². The zero-order valence-corrected chi connectivity index (χ0v) is 17.7. The predicted molar refractivity (Wildman–Crippen MR) is 109 cm³/mol. The first-order chi connectivity index (χ1) is 12.5. The van der Waals surface area contributed by atoms with Crippen molar-refractivity contribution in [1.29, 1.82) is 0 Å². The van der Waals surface area contributed by atoms with Crippen molar-refractivity contribution in [3.05, 3.63) is 0 Å². The van der Waals surface area contributed by atoms with Crippen LogP contribution in [0, 0.1) is 5.92 Å². The third-order valence-electron chi connectivity index (χ3n) is 3.76. The zero-order valence-electron chi connectivity index (χ0n) is 16.0. The van der Waals surface area contributed by atoms with Crippen LogP contribution in [0.25, 0.3) is 0 Å². The van der Waals surface area contributed by atoms with Crippen LogP contribution in [0.1, 0.15) is 27.2 Å². The van der Waals surface area contributed by atoms with Crippen molar-refractivity contribution in [2.45, 2.75) is 51.4 Å². The number of hydrogen-bond acceptors (Lipinski definition) is 7. The van der Waals surface area contributed by atoms with Gasteiger partial charge in [0.2, 0.25) is 17.7 Å². The van der Waals surface area contributed by atoms with Crippen LogP contribution in [-0.2, 0) is 19.2 Å². The fourth-order valence-electron chi connectivity index (χ4n) is 2.04. The van der Waals surface area contributed by atoms with Gasteiger partial charge in [-0.1, -0.05) is 13.8 Å². The molecule has 156 valence electrons. The summed E-state index contributed by atoms with van der Waals surface area (Å²) in [6, 6.07) is -3.73. The first-order valence-electron chi connectivity index (χ1n) is 8.54. The third kappa shape index (κ3) is 9.34. The summed E-state index contributed by atoms with van der Waals surface area (Å²) in [5, 5.41) is 16.6. The lowest BCUT2D eigenvalue weighted by Gasteiger charge is -2.25. The highest BCUT2D eigenvalue weighted by Crippen LogP contribution is 2.04. The fraction of sp³-hybridized carbons (Fsp3) is 0.750. The average molecular weight is 423 g/mol. The minimum absolute atomic E-state index is 0.129. The van der Waals surface area contributed by atoms with Gasteiger partial charge in [0, 0.05) is 5.75 Å². The second-order valence-electron chi connectivity index (χ2n) is 6.43. The normalized spacial score (nSPS) is 15.4. The molecule has 0 bridgehead atoms. The van der Waals surface area contributed by atoms with Crippen LogP contribution >= 0.6 is 24.4 Å². The van der Waals surface area contributed by atoms with Gasteiger partial charge >= 0.3 is 5.97 Å². The van der Waals surface area contributed by atoms with Crippen molar-refractivity contribution in [2.24, 2.45) is 11.7 Å². The largest absolute Gasteiger partial charge is 0.480 e. The number of nitrogens with one attached hydrogen (secondary N) is 3. The molecule has 0 radical (unpaired) electrons. The summed E-state index contributed by atoms with van der Waals surface area (Å²) in [7, 11) is 0. The molecule has 9 nitrogen and oxygen atoms in total. The van der Waals surface area contributed by atoms with Crippen molar-refractivity contribution in [2.75, 3.05) is 17.8 Å². The van der Waals surface area contributed by atoms with E-state index < -0.39 is 47.9 Å². The van der Waals surface area contributed by atoms with Crippen LogP contribution in [0.5, 0.6) is 0 Å². The molecule has 0 aromatic rings. The van der Waals surface area contributed by atoms with Crippen molar-refractivity contribution in [1.82, 2.24) is 16.0 Å². The number of amides is 3. The molecule has 6 N–H and O–H groups in total. The molecular formula is C16H30N4O5S2. The Bertz CT molecular complexity index is 533. The maximum atomic E-state index is 12.5. The van der Waals surface area contributed by atoms with E-state index in [-0.39, 0.29) is 18.1 Å². The molecule has 3 amide bonds. The molecule has 0 aliphatic heterocycles.